The first kappa shape index (κ1) is 24.5. The number of nitrogens with zero attached hydrogens (tertiary/aromatic N) is 6. The molecule has 39 heavy (non-hydrogen) atoms. The molecule has 13 heteroatoms. The number of aromatic nitrogens is 6. The number of piperidine rings is 1. The Bertz CT molecular complexity index is 1560. The molecule has 0 radical (unpaired) electrons. The second-order valence-electron chi connectivity index (χ2n) is 9.99. The second kappa shape index (κ2) is 9.49. The van der Waals surface area contributed by atoms with Crippen LogP contribution in [0.1, 0.15) is 65.2 Å². The first-order valence-electron chi connectivity index (χ1n) is 12.8. The van der Waals surface area contributed by atoms with Crippen LogP contribution in [0.2, 0.25) is 0 Å². The van der Waals surface area contributed by atoms with Gasteiger partial charge in [-0.3, -0.25) is 9.59 Å². The minimum absolute atomic E-state index is 0.00940. The van der Waals surface area contributed by atoms with Crippen LogP contribution in [0.25, 0.3) is 16.8 Å². The van der Waals surface area contributed by atoms with Gasteiger partial charge in [0.1, 0.15) is 12.1 Å². The maximum atomic E-state index is 13.1. The second-order valence-corrected chi connectivity index (χ2v) is 9.99. The summed E-state index contributed by atoms with van der Waals surface area (Å²) in [7, 11) is 1.55. The number of anilines is 2. The molecule has 5 N–H and O–H groups in total. The minimum atomic E-state index is -0.308. The number of Topliss-reactive ketones (excluding diaryl/α,β-unsaturated/α-hetero) is 1. The van der Waals surface area contributed by atoms with Gasteiger partial charge < -0.3 is 26.3 Å². The predicted octanol–water partition coefficient (Wildman–Crippen LogP) is 2.60. The lowest BCUT2D eigenvalue weighted by Crippen LogP contribution is -2.46. The summed E-state index contributed by atoms with van der Waals surface area (Å²) < 4.78 is 1.50. The van der Waals surface area contributed by atoms with Crippen LogP contribution in [0.3, 0.4) is 0 Å². The van der Waals surface area contributed by atoms with Crippen molar-refractivity contribution in [1.82, 2.24) is 40.0 Å². The van der Waals surface area contributed by atoms with Crippen LogP contribution in [0.15, 0.2) is 36.8 Å². The number of H-pyrrole nitrogens is 1. The molecular weight excluding hydrogens is 500 g/mol. The van der Waals surface area contributed by atoms with Crippen molar-refractivity contribution >= 4 is 34.9 Å². The van der Waals surface area contributed by atoms with Crippen molar-refractivity contribution in [2.75, 3.05) is 18.1 Å². The minimum Gasteiger partial charge on any atom is -0.383 e. The van der Waals surface area contributed by atoms with Gasteiger partial charge in [0.2, 0.25) is 5.82 Å². The molecule has 5 heterocycles. The van der Waals surface area contributed by atoms with Crippen molar-refractivity contribution in [3.63, 3.8) is 0 Å². The molecule has 200 valence electrons. The Hall–Kier alpha value is -4.81. The summed E-state index contributed by atoms with van der Waals surface area (Å²) in [4.78, 5) is 47.3. The van der Waals surface area contributed by atoms with Crippen molar-refractivity contribution in [2.24, 2.45) is 0 Å². The van der Waals surface area contributed by atoms with E-state index in [4.69, 9.17) is 10.7 Å². The number of hydrogen-bond donors (Lipinski definition) is 4. The van der Waals surface area contributed by atoms with E-state index in [2.05, 4.69) is 30.9 Å². The monoisotopic (exact) mass is 528 g/mol. The molecule has 2 saturated heterocycles. The molecule has 1 aromatic carbocycles. The van der Waals surface area contributed by atoms with Crippen LogP contribution < -0.4 is 16.4 Å². The summed E-state index contributed by atoms with van der Waals surface area (Å²) in [6, 6.07) is 7.03. The van der Waals surface area contributed by atoms with Gasteiger partial charge in [-0.2, -0.15) is 9.61 Å². The average Bonchev–Trinajstić information content (AvgIpc) is 3.67. The van der Waals surface area contributed by atoms with E-state index in [1.54, 1.807) is 25.4 Å². The molecule has 3 aromatic heterocycles. The van der Waals surface area contributed by atoms with Crippen LogP contribution in [-0.4, -0.2) is 71.5 Å². The Labute approximate surface area is 223 Å². The SMILES string of the molecule is CNC(=O)Nc1ccc(-c2cnn3c(N)c(C(C)=O)c([C@@H]4C[C@H]5CC[C@@H](C4)N5C(=O)c4nnc[nH]4)nc23)cc1. The molecule has 0 unspecified atom stereocenters. The quantitative estimate of drug-likeness (QED) is 0.286. The van der Waals surface area contributed by atoms with Gasteiger partial charge in [-0.25, -0.2) is 9.78 Å². The summed E-state index contributed by atoms with van der Waals surface area (Å²) in [6.45, 7) is 1.49. The van der Waals surface area contributed by atoms with E-state index in [0.29, 0.717) is 35.4 Å². The Morgan fingerprint density at radius 2 is 1.82 bits per heavy atom. The zero-order valence-electron chi connectivity index (χ0n) is 21.5. The van der Waals surface area contributed by atoms with Crippen LogP contribution in [-0.2, 0) is 0 Å². The van der Waals surface area contributed by atoms with Gasteiger partial charge >= 0.3 is 6.03 Å². The zero-order chi connectivity index (χ0) is 27.3. The highest BCUT2D eigenvalue weighted by Gasteiger charge is 2.45. The van der Waals surface area contributed by atoms with Gasteiger partial charge in [0.15, 0.2) is 11.4 Å². The molecule has 3 amide bonds. The molecule has 4 aromatic rings. The van der Waals surface area contributed by atoms with Gasteiger partial charge in [0.25, 0.3) is 5.91 Å². The van der Waals surface area contributed by atoms with E-state index in [1.807, 2.05) is 17.0 Å². The van der Waals surface area contributed by atoms with Gasteiger partial charge in [0.05, 0.1) is 17.5 Å². The lowest BCUT2D eigenvalue weighted by molar-refractivity contribution is 0.0556. The normalized spacial score (nSPS) is 20.3. The smallest absolute Gasteiger partial charge is 0.318 e. The van der Waals surface area contributed by atoms with E-state index in [1.165, 1.54) is 17.8 Å². The lowest BCUT2D eigenvalue weighted by Gasteiger charge is -2.38. The van der Waals surface area contributed by atoms with E-state index in [0.717, 1.165) is 24.0 Å². The number of benzene rings is 1. The topological polar surface area (TPSA) is 176 Å². The molecule has 6 rings (SSSR count). The third kappa shape index (κ3) is 4.15. The lowest BCUT2D eigenvalue weighted by atomic mass is 9.85. The number of aromatic amines is 1. The van der Waals surface area contributed by atoms with E-state index in [9.17, 15) is 14.4 Å². The average molecular weight is 529 g/mol. The van der Waals surface area contributed by atoms with Crippen molar-refractivity contribution in [3.8, 4) is 11.1 Å². The number of urea groups is 1. The van der Waals surface area contributed by atoms with Crippen molar-refractivity contribution in [3.05, 3.63) is 53.9 Å². The van der Waals surface area contributed by atoms with Crippen LogP contribution in [0.5, 0.6) is 0 Å². The van der Waals surface area contributed by atoms with Gasteiger partial charge in [0, 0.05) is 36.3 Å². The largest absolute Gasteiger partial charge is 0.383 e. The van der Waals surface area contributed by atoms with Crippen molar-refractivity contribution < 1.29 is 14.4 Å². The van der Waals surface area contributed by atoms with Gasteiger partial charge in [-0.15, -0.1) is 10.2 Å². The maximum absolute atomic E-state index is 13.1. The molecule has 0 spiro atoms. The fourth-order valence-corrected chi connectivity index (χ4v) is 5.98. The number of carbonyl (C=O) groups is 3. The number of nitrogens with two attached hydrogens (primary N) is 1. The zero-order valence-corrected chi connectivity index (χ0v) is 21.5. The third-order valence-corrected chi connectivity index (χ3v) is 7.72. The molecule has 3 atom stereocenters. The Morgan fingerprint density at radius 1 is 1.10 bits per heavy atom. The van der Waals surface area contributed by atoms with E-state index >= 15 is 0 Å². The van der Waals surface area contributed by atoms with Crippen LogP contribution in [0, 0.1) is 0 Å². The molecule has 2 aliphatic heterocycles. The fourth-order valence-electron chi connectivity index (χ4n) is 5.98. The van der Waals surface area contributed by atoms with Crippen LogP contribution in [0.4, 0.5) is 16.3 Å². The molecule has 2 aliphatic rings. The van der Waals surface area contributed by atoms with E-state index in [-0.39, 0.29) is 47.4 Å². The highest BCUT2D eigenvalue weighted by atomic mass is 16.2. The van der Waals surface area contributed by atoms with Crippen molar-refractivity contribution in [2.45, 2.75) is 50.6 Å². The summed E-state index contributed by atoms with van der Waals surface area (Å²) in [5.74, 6) is 0.110. The van der Waals surface area contributed by atoms with Crippen molar-refractivity contribution in [1.29, 1.82) is 0 Å². The number of fused-ring (bicyclic) bond motifs is 3. The van der Waals surface area contributed by atoms with Crippen LogP contribution >= 0.6 is 0 Å². The number of carbonyl (C=O) groups excluding carboxylic acids is 3. The molecule has 0 saturated carbocycles. The molecule has 13 nitrogen and oxygen atoms in total. The molecule has 2 bridgehead atoms. The molecule has 2 fully saturated rings. The number of hydrogen-bond acceptors (Lipinski definition) is 8. The maximum Gasteiger partial charge on any atom is 0.318 e. The number of nitrogens with one attached hydrogen (secondary N) is 3. The standard InChI is InChI=1S/C26H28N10O3/c1-13(37)20-21(15-9-17-7-8-18(10-15)35(17)25(38)23-29-12-30-34-23)33-24-19(11-31-36(24)22(20)27)14-3-5-16(6-4-14)32-26(39)28-2/h3-6,11-12,15,17-18H,7-10,27H2,1-2H3,(H2,28,32,39)(H,29,30,34)/t15-,17-,18+. The predicted molar refractivity (Wildman–Crippen MR) is 142 cm³/mol. The summed E-state index contributed by atoms with van der Waals surface area (Å²) in [5, 5.41) is 17.3. The third-order valence-electron chi connectivity index (χ3n) is 7.72. The Kier molecular flexibility index (Phi) is 5.97. The molecular formula is C26H28N10O3. The highest BCUT2D eigenvalue weighted by Crippen LogP contribution is 2.45. The summed E-state index contributed by atoms with van der Waals surface area (Å²) >= 11 is 0. The highest BCUT2D eigenvalue weighted by molar-refractivity contribution is 6.00. The van der Waals surface area contributed by atoms with Gasteiger partial charge in [-0.05, 0) is 50.3 Å². The number of ketones is 1. The fraction of sp³-hybridized carbons (Fsp3) is 0.346. The number of amides is 3. The molecule has 0 aliphatic carbocycles. The summed E-state index contributed by atoms with van der Waals surface area (Å²) in [6.07, 6.45) is 6.17. The van der Waals surface area contributed by atoms with Gasteiger partial charge in [-0.1, -0.05) is 12.1 Å². The Morgan fingerprint density at radius 3 is 2.44 bits per heavy atom. The number of rotatable bonds is 5. The number of nitrogen functional groups attached to an aromatic ring is 1. The van der Waals surface area contributed by atoms with E-state index < -0.39 is 0 Å². The first-order chi connectivity index (χ1) is 18.9. The first-order valence-corrected chi connectivity index (χ1v) is 12.8. The Balaban J connectivity index is 1.36. The summed E-state index contributed by atoms with van der Waals surface area (Å²) in [5.41, 5.74) is 10.4.